The molecule has 2 unspecified atom stereocenters. The van der Waals surface area contributed by atoms with Crippen molar-refractivity contribution in [3.05, 3.63) is 0 Å². The summed E-state index contributed by atoms with van der Waals surface area (Å²) in [5, 5.41) is 0. The highest BCUT2D eigenvalue weighted by Crippen LogP contribution is 2.49. The largest absolute Gasteiger partial charge is 0.343 e. The van der Waals surface area contributed by atoms with Gasteiger partial charge >= 0.3 is 0 Å². The Morgan fingerprint density at radius 3 is 2.31 bits per heavy atom. The Kier molecular flexibility index (Phi) is 5.77. The molecule has 0 radical (unpaired) electrons. The minimum absolute atomic E-state index is 0. The molecule has 3 nitrogen and oxygen atoms in total. The van der Waals surface area contributed by atoms with Gasteiger partial charge in [0.15, 0.2) is 0 Å². The molecular formula is C12H25ClN2O. The molecule has 1 saturated carbocycles. The highest BCUT2D eigenvalue weighted by Gasteiger charge is 2.45. The van der Waals surface area contributed by atoms with Crippen LogP contribution in [0.3, 0.4) is 0 Å². The van der Waals surface area contributed by atoms with Crippen molar-refractivity contribution in [1.29, 1.82) is 0 Å². The predicted molar refractivity (Wildman–Crippen MR) is 69.7 cm³/mol. The van der Waals surface area contributed by atoms with Crippen LogP contribution in [0.4, 0.5) is 0 Å². The van der Waals surface area contributed by atoms with Crippen LogP contribution in [0.5, 0.6) is 0 Å². The van der Waals surface area contributed by atoms with Gasteiger partial charge in [-0.3, -0.25) is 4.79 Å². The Morgan fingerprint density at radius 2 is 1.94 bits per heavy atom. The maximum absolute atomic E-state index is 11.8. The van der Waals surface area contributed by atoms with E-state index in [2.05, 4.69) is 13.8 Å². The normalized spacial score (nSPS) is 20.6. The number of amides is 1. The Balaban J connectivity index is 0.00000225. The molecule has 1 aliphatic carbocycles. The monoisotopic (exact) mass is 248 g/mol. The minimum atomic E-state index is 0. The second kappa shape index (κ2) is 5.87. The third kappa shape index (κ3) is 3.95. The topological polar surface area (TPSA) is 46.3 Å². The average molecular weight is 249 g/mol. The number of nitrogens with zero attached hydrogens (tertiary/aromatic N) is 1. The lowest BCUT2D eigenvalue weighted by atomic mass is 9.99. The summed E-state index contributed by atoms with van der Waals surface area (Å²) in [4.78, 5) is 13.7. The first-order valence-corrected chi connectivity index (χ1v) is 5.88. The van der Waals surface area contributed by atoms with Crippen LogP contribution < -0.4 is 5.73 Å². The smallest absolute Gasteiger partial charge is 0.222 e. The number of carbonyl (C=O) groups excluding carboxylic acids is 1. The van der Waals surface area contributed by atoms with E-state index in [4.69, 9.17) is 5.73 Å². The quantitative estimate of drug-likeness (QED) is 0.811. The molecule has 2 N–H and O–H groups in total. The zero-order chi connectivity index (χ0) is 11.6. The Labute approximate surface area is 105 Å². The fourth-order valence-electron chi connectivity index (χ4n) is 1.83. The standard InChI is InChI=1S/C12H24N2O.ClH/c1-9(13)5-6-11(15)14(4)10(2)12(3)7-8-12;/h9-10H,5-8,13H2,1-4H3;1H. The molecule has 2 atom stereocenters. The molecule has 0 aromatic carbocycles. The third-order valence-electron chi connectivity index (χ3n) is 3.84. The predicted octanol–water partition coefficient (Wildman–Crippen LogP) is 2.18. The summed E-state index contributed by atoms with van der Waals surface area (Å²) in [5.74, 6) is 0.230. The van der Waals surface area contributed by atoms with Crippen molar-refractivity contribution in [2.75, 3.05) is 7.05 Å². The van der Waals surface area contributed by atoms with E-state index in [1.54, 1.807) is 0 Å². The minimum Gasteiger partial charge on any atom is -0.343 e. The van der Waals surface area contributed by atoms with E-state index in [1.807, 2.05) is 18.9 Å². The van der Waals surface area contributed by atoms with Gasteiger partial charge in [-0.1, -0.05) is 6.92 Å². The van der Waals surface area contributed by atoms with Crippen molar-refractivity contribution < 1.29 is 4.79 Å². The number of rotatable bonds is 5. The fourth-order valence-corrected chi connectivity index (χ4v) is 1.83. The van der Waals surface area contributed by atoms with Crippen LogP contribution in [-0.4, -0.2) is 29.9 Å². The Hall–Kier alpha value is -0.280. The van der Waals surface area contributed by atoms with E-state index in [0.29, 0.717) is 17.9 Å². The maximum Gasteiger partial charge on any atom is 0.222 e. The molecule has 1 amide bonds. The van der Waals surface area contributed by atoms with Gasteiger partial charge in [-0.05, 0) is 38.5 Å². The lowest BCUT2D eigenvalue weighted by Crippen LogP contribution is -2.40. The summed E-state index contributed by atoms with van der Waals surface area (Å²) in [6.07, 6.45) is 3.86. The van der Waals surface area contributed by atoms with Crippen LogP contribution in [0.1, 0.15) is 46.5 Å². The van der Waals surface area contributed by atoms with E-state index >= 15 is 0 Å². The third-order valence-corrected chi connectivity index (χ3v) is 3.84. The molecule has 0 bridgehead atoms. The summed E-state index contributed by atoms with van der Waals surface area (Å²) in [6, 6.07) is 0.479. The molecule has 96 valence electrons. The molecule has 1 aliphatic rings. The van der Waals surface area contributed by atoms with Gasteiger partial charge in [0.2, 0.25) is 5.91 Å². The van der Waals surface area contributed by atoms with Crippen LogP contribution in [0.2, 0.25) is 0 Å². The van der Waals surface area contributed by atoms with Crippen molar-refractivity contribution in [3.8, 4) is 0 Å². The highest BCUT2D eigenvalue weighted by molar-refractivity contribution is 5.85. The molecular weight excluding hydrogens is 224 g/mol. The van der Waals surface area contributed by atoms with Crippen molar-refractivity contribution in [1.82, 2.24) is 4.90 Å². The Morgan fingerprint density at radius 1 is 1.44 bits per heavy atom. The molecule has 0 heterocycles. The highest BCUT2D eigenvalue weighted by atomic mass is 35.5. The molecule has 0 spiro atoms. The maximum atomic E-state index is 11.8. The average Bonchev–Trinajstić information content (AvgIpc) is 2.91. The van der Waals surface area contributed by atoms with Gasteiger partial charge in [0.05, 0.1) is 0 Å². The number of hydrogen-bond donors (Lipinski definition) is 1. The van der Waals surface area contributed by atoms with Gasteiger partial charge in [0, 0.05) is 25.6 Å². The fraction of sp³-hybridized carbons (Fsp3) is 0.917. The van der Waals surface area contributed by atoms with Crippen LogP contribution in [0, 0.1) is 5.41 Å². The molecule has 4 heteroatoms. The van der Waals surface area contributed by atoms with Gasteiger partial charge in [-0.2, -0.15) is 0 Å². The SMILES string of the molecule is CC(N)CCC(=O)N(C)C(C)C1(C)CC1.Cl. The molecule has 1 rings (SSSR count). The zero-order valence-electron chi connectivity index (χ0n) is 10.8. The van der Waals surface area contributed by atoms with Crippen molar-refractivity contribution in [2.45, 2.75) is 58.5 Å². The molecule has 0 saturated heterocycles. The zero-order valence-corrected chi connectivity index (χ0v) is 11.6. The van der Waals surface area contributed by atoms with Crippen molar-refractivity contribution in [3.63, 3.8) is 0 Å². The molecule has 0 aromatic rings. The van der Waals surface area contributed by atoms with Gasteiger partial charge in [-0.15, -0.1) is 12.4 Å². The summed E-state index contributed by atoms with van der Waals surface area (Å²) < 4.78 is 0. The first-order valence-electron chi connectivity index (χ1n) is 5.88. The van der Waals surface area contributed by atoms with Crippen LogP contribution in [0.15, 0.2) is 0 Å². The first kappa shape index (κ1) is 15.7. The van der Waals surface area contributed by atoms with E-state index in [1.165, 1.54) is 12.8 Å². The van der Waals surface area contributed by atoms with Gasteiger partial charge < -0.3 is 10.6 Å². The van der Waals surface area contributed by atoms with E-state index < -0.39 is 0 Å². The van der Waals surface area contributed by atoms with Gasteiger partial charge in [0.1, 0.15) is 0 Å². The first-order chi connectivity index (χ1) is 6.87. The second-order valence-electron chi connectivity index (χ2n) is 5.35. The van der Waals surface area contributed by atoms with Gasteiger partial charge in [-0.25, -0.2) is 0 Å². The number of nitrogens with two attached hydrogens (primary N) is 1. The lowest BCUT2D eigenvalue weighted by molar-refractivity contribution is -0.133. The summed E-state index contributed by atoms with van der Waals surface area (Å²) in [5.41, 5.74) is 6.02. The van der Waals surface area contributed by atoms with Crippen LogP contribution in [0.25, 0.3) is 0 Å². The van der Waals surface area contributed by atoms with Crippen LogP contribution in [-0.2, 0) is 4.79 Å². The summed E-state index contributed by atoms with van der Waals surface area (Å²) >= 11 is 0. The van der Waals surface area contributed by atoms with E-state index in [-0.39, 0.29) is 24.4 Å². The molecule has 16 heavy (non-hydrogen) atoms. The van der Waals surface area contributed by atoms with Gasteiger partial charge in [0.25, 0.3) is 0 Å². The number of carbonyl (C=O) groups is 1. The molecule has 1 fully saturated rings. The Bertz CT molecular complexity index is 239. The van der Waals surface area contributed by atoms with Crippen molar-refractivity contribution in [2.24, 2.45) is 11.1 Å². The summed E-state index contributed by atoms with van der Waals surface area (Å²) in [6.45, 7) is 6.35. The number of halogens is 1. The molecule has 0 aromatic heterocycles. The number of hydrogen-bond acceptors (Lipinski definition) is 2. The summed E-state index contributed by atoms with van der Waals surface area (Å²) in [7, 11) is 1.91. The van der Waals surface area contributed by atoms with E-state index in [0.717, 1.165) is 6.42 Å². The van der Waals surface area contributed by atoms with Crippen molar-refractivity contribution >= 4 is 18.3 Å². The van der Waals surface area contributed by atoms with E-state index in [9.17, 15) is 4.79 Å². The second-order valence-corrected chi connectivity index (χ2v) is 5.35. The molecule has 0 aliphatic heterocycles. The van der Waals surface area contributed by atoms with Crippen LogP contribution >= 0.6 is 12.4 Å². The lowest BCUT2D eigenvalue weighted by Gasteiger charge is -2.30.